The lowest BCUT2D eigenvalue weighted by molar-refractivity contribution is -0.121. The van der Waals surface area contributed by atoms with Crippen molar-refractivity contribution in [2.45, 2.75) is 30.6 Å². The molecular weight excluding hydrogens is 274 g/mol. The van der Waals surface area contributed by atoms with E-state index in [0.717, 1.165) is 17.9 Å². The van der Waals surface area contributed by atoms with E-state index < -0.39 is 0 Å². The molecule has 0 saturated heterocycles. The van der Waals surface area contributed by atoms with Crippen LogP contribution in [0.4, 0.5) is 5.69 Å². The zero-order valence-electron chi connectivity index (χ0n) is 10.9. The highest BCUT2D eigenvalue weighted by Gasteiger charge is 2.19. The Kier molecular flexibility index (Phi) is 3.73. The minimum Gasteiger partial charge on any atom is -0.321 e. The van der Waals surface area contributed by atoms with E-state index in [1.54, 1.807) is 0 Å². The molecule has 0 atom stereocenters. The van der Waals surface area contributed by atoms with Crippen molar-refractivity contribution >= 4 is 35.0 Å². The third-order valence-corrected chi connectivity index (χ3v) is 4.53. The van der Waals surface area contributed by atoms with Gasteiger partial charge in [-0.15, -0.1) is 11.8 Å². The topological polar surface area (TPSA) is 70.6 Å². The molecule has 2 aliphatic rings. The lowest BCUT2D eigenvalue weighted by atomic mass is 10.1. The van der Waals surface area contributed by atoms with Crippen LogP contribution in [0.5, 0.6) is 0 Å². The molecule has 0 fully saturated rings. The monoisotopic (exact) mass is 289 g/mol. The van der Waals surface area contributed by atoms with Gasteiger partial charge in [-0.05, 0) is 42.4 Å². The number of hydrazone groups is 1. The fourth-order valence-corrected chi connectivity index (χ4v) is 3.30. The number of fused-ring (bicyclic) bond motifs is 1. The van der Waals surface area contributed by atoms with E-state index in [1.807, 2.05) is 23.9 Å². The van der Waals surface area contributed by atoms with Gasteiger partial charge in [0.2, 0.25) is 5.91 Å². The Morgan fingerprint density at radius 2 is 2.20 bits per heavy atom. The van der Waals surface area contributed by atoms with Crippen LogP contribution >= 0.6 is 11.8 Å². The second-order valence-electron chi connectivity index (χ2n) is 4.82. The van der Waals surface area contributed by atoms with Crippen molar-refractivity contribution in [3.63, 3.8) is 0 Å². The van der Waals surface area contributed by atoms with Gasteiger partial charge in [0, 0.05) is 23.4 Å². The van der Waals surface area contributed by atoms with Gasteiger partial charge in [0.05, 0.1) is 0 Å². The van der Waals surface area contributed by atoms with E-state index in [9.17, 15) is 9.59 Å². The van der Waals surface area contributed by atoms with Gasteiger partial charge in [-0.3, -0.25) is 9.59 Å². The quantitative estimate of drug-likeness (QED) is 0.874. The zero-order valence-corrected chi connectivity index (χ0v) is 11.8. The Bertz CT molecular complexity index is 598. The van der Waals surface area contributed by atoms with E-state index in [4.69, 9.17) is 0 Å². The zero-order chi connectivity index (χ0) is 13.9. The maximum atomic E-state index is 12.0. The first-order chi connectivity index (χ1) is 9.72. The number of anilines is 1. The smallest absolute Gasteiger partial charge is 0.271 e. The molecule has 2 aliphatic heterocycles. The third kappa shape index (κ3) is 2.85. The summed E-state index contributed by atoms with van der Waals surface area (Å²) in [6.07, 6.45) is 2.93. The van der Waals surface area contributed by atoms with Crippen LogP contribution in [0.2, 0.25) is 0 Å². The molecule has 3 rings (SSSR count). The molecule has 0 bridgehead atoms. The summed E-state index contributed by atoms with van der Waals surface area (Å²) in [5.41, 5.74) is 4.78. The first-order valence-electron chi connectivity index (χ1n) is 6.65. The second kappa shape index (κ2) is 5.66. The number of benzene rings is 1. The van der Waals surface area contributed by atoms with Crippen molar-refractivity contribution in [1.29, 1.82) is 0 Å². The normalized spacial score (nSPS) is 17.8. The molecule has 0 radical (unpaired) electrons. The molecule has 2 amide bonds. The molecule has 20 heavy (non-hydrogen) atoms. The van der Waals surface area contributed by atoms with E-state index in [-0.39, 0.29) is 11.8 Å². The van der Waals surface area contributed by atoms with Gasteiger partial charge in [-0.1, -0.05) is 0 Å². The standard InChI is InChI=1S/C14H15N3O2S/c18-13-6-4-11(16-17-13)14(19)15-10-3-5-12-9(8-10)2-1-7-20-12/h3,5,8H,1-2,4,6-7H2,(H,15,19)(H,17,18). The molecule has 5 nitrogen and oxygen atoms in total. The summed E-state index contributed by atoms with van der Waals surface area (Å²) in [7, 11) is 0. The minimum atomic E-state index is -0.242. The van der Waals surface area contributed by atoms with Gasteiger partial charge in [0.15, 0.2) is 0 Å². The van der Waals surface area contributed by atoms with E-state index in [1.165, 1.54) is 16.9 Å². The molecular formula is C14H15N3O2S. The summed E-state index contributed by atoms with van der Waals surface area (Å²) in [4.78, 5) is 24.3. The SMILES string of the molecule is O=C1CCC(C(=O)Nc2ccc3c(c2)CCCS3)=NN1. The first-order valence-corrected chi connectivity index (χ1v) is 7.63. The summed E-state index contributed by atoms with van der Waals surface area (Å²) in [5, 5.41) is 6.64. The lowest BCUT2D eigenvalue weighted by Crippen LogP contribution is -2.32. The van der Waals surface area contributed by atoms with Gasteiger partial charge >= 0.3 is 0 Å². The molecule has 0 saturated carbocycles. The molecule has 1 aromatic carbocycles. The van der Waals surface area contributed by atoms with Crippen LogP contribution in [0.3, 0.4) is 0 Å². The van der Waals surface area contributed by atoms with E-state index in [0.29, 0.717) is 18.6 Å². The van der Waals surface area contributed by atoms with Crippen molar-refractivity contribution in [2.75, 3.05) is 11.1 Å². The number of amides is 2. The number of hydrogen-bond donors (Lipinski definition) is 2. The molecule has 0 unspecified atom stereocenters. The van der Waals surface area contributed by atoms with Crippen molar-refractivity contribution in [2.24, 2.45) is 5.10 Å². The van der Waals surface area contributed by atoms with Crippen LogP contribution in [-0.2, 0) is 16.0 Å². The van der Waals surface area contributed by atoms with Gasteiger partial charge in [0.1, 0.15) is 5.71 Å². The highest BCUT2D eigenvalue weighted by atomic mass is 32.2. The minimum absolute atomic E-state index is 0.146. The Morgan fingerprint density at radius 3 is 3.00 bits per heavy atom. The largest absolute Gasteiger partial charge is 0.321 e. The third-order valence-electron chi connectivity index (χ3n) is 3.33. The van der Waals surface area contributed by atoms with Crippen molar-refractivity contribution in [1.82, 2.24) is 5.43 Å². The number of hydrogen-bond acceptors (Lipinski definition) is 4. The van der Waals surface area contributed by atoms with Crippen molar-refractivity contribution < 1.29 is 9.59 Å². The predicted molar refractivity (Wildman–Crippen MR) is 78.9 cm³/mol. The van der Waals surface area contributed by atoms with Crippen LogP contribution < -0.4 is 10.7 Å². The number of aryl methyl sites for hydroxylation is 1. The number of rotatable bonds is 2. The molecule has 0 aromatic heterocycles. The van der Waals surface area contributed by atoms with Gasteiger partial charge in [0.25, 0.3) is 5.91 Å². The van der Waals surface area contributed by atoms with Gasteiger partial charge in [-0.25, -0.2) is 5.43 Å². The van der Waals surface area contributed by atoms with Gasteiger partial charge < -0.3 is 5.32 Å². The second-order valence-corrected chi connectivity index (χ2v) is 5.96. The fourth-order valence-electron chi connectivity index (χ4n) is 2.28. The Hall–Kier alpha value is -1.82. The molecule has 104 valence electrons. The van der Waals surface area contributed by atoms with Crippen LogP contribution in [0, 0.1) is 0 Å². The van der Waals surface area contributed by atoms with Crippen molar-refractivity contribution in [3.8, 4) is 0 Å². The van der Waals surface area contributed by atoms with E-state index >= 15 is 0 Å². The number of thioether (sulfide) groups is 1. The predicted octanol–water partition coefficient (Wildman–Crippen LogP) is 1.93. The van der Waals surface area contributed by atoms with Crippen LogP contribution in [0.15, 0.2) is 28.2 Å². The highest BCUT2D eigenvalue weighted by molar-refractivity contribution is 7.99. The number of carbonyl (C=O) groups is 2. The summed E-state index contributed by atoms with van der Waals surface area (Å²) in [6.45, 7) is 0. The Morgan fingerprint density at radius 1 is 1.30 bits per heavy atom. The molecule has 0 spiro atoms. The lowest BCUT2D eigenvalue weighted by Gasteiger charge is -2.17. The van der Waals surface area contributed by atoms with Gasteiger partial charge in [-0.2, -0.15) is 5.10 Å². The first kappa shape index (κ1) is 13.2. The number of nitrogens with zero attached hydrogens (tertiary/aromatic N) is 1. The van der Waals surface area contributed by atoms with Crippen LogP contribution in [0.1, 0.15) is 24.8 Å². The average Bonchev–Trinajstić information content (AvgIpc) is 2.48. The highest BCUT2D eigenvalue weighted by Crippen LogP contribution is 2.31. The molecule has 6 heteroatoms. The maximum absolute atomic E-state index is 12.0. The molecule has 2 N–H and O–H groups in total. The number of carbonyl (C=O) groups excluding carboxylic acids is 2. The molecule has 1 aromatic rings. The van der Waals surface area contributed by atoms with Crippen molar-refractivity contribution in [3.05, 3.63) is 23.8 Å². The Labute approximate surface area is 121 Å². The summed E-state index contributed by atoms with van der Waals surface area (Å²) in [5.74, 6) is 0.774. The molecule has 0 aliphatic carbocycles. The van der Waals surface area contributed by atoms with Crippen LogP contribution in [0.25, 0.3) is 0 Å². The summed E-state index contributed by atoms with van der Waals surface area (Å²) in [6, 6.07) is 6.00. The van der Waals surface area contributed by atoms with E-state index in [2.05, 4.69) is 21.9 Å². The molecule has 2 heterocycles. The Balaban J connectivity index is 1.71. The average molecular weight is 289 g/mol. The summed E-state index contributed by atoms with van der Waals surface area (Å²) >= 11 is 1.86. The number of nitrogens with one attached hydrogen (secondary N) is 2. The fraction of sp³-hybridized carbons (Fsp3) is 0.357. The summed E-state index contributed by atoms with van der Waals surface area (Å²) < 4.78 is 0. The maximum Gasteiger partial charge on any atom is 0.271 e. The van der Waals surface area contributed by atoms with Crippen LogP contribution in [-0.4, -0.2) is 23.3 Å².